The van der Waals surface area contributed by atoms with Crippen molar-refractivity contribution in [1.82, 2.24) is 10.2 Å². The lowest BCUT2D eigenvalue weighted by atomic mass is 9.87. The number of hydrogen-bond acceptors (Lipinski definition) is 5. The molecule has 33 heavy (non-hydrogen) atoms. The minimum Gasteiger partial charge on any atom is -0.468 e. The van der Waals surface area contributed by atoms with E-state index in [2.05, 4.69) is 22.4 Å². The minimum atomic E-state index is -1.22. The van der Waals surface area contributed by atoms with Gasteiger partial charge < -0.3 is 26.4 Å². The number of nitrogens with one attached hydrogen (secondary N) is 1. The fourth-order valence-electron chi connectivity index (χ4n) is 4.21. The number of nitrogens with zero attached hydrogens (tertiary/aromatic N) is 2. The van der Waals surface area contributed by atoms with Gasteiger partial charge >= 0.3 is 5.97 Å². The van der Waals surface area contributed by atoms with Crippen molar-refractivity contribution in [3.05, 3.63) is 35.9 Å². The molecule has 0 spiro atoms. The topological polar surface area (TPSA) is 140 Å². The number of ether oxygens (including phenoxy) is 1. The average molecular weight is 460 g/mol. The van der Waals surface area contributed by atoms with E-state index in [1.165, 1.54) is 12.7 Å². The number of aliphatic imine (C=N–C) groups is 1. The third-order valence-electron chi connectivity index (χ3n) is 6.05. The summed E-state index contributed by atoms with van der Waals surface area (Å²) in [5.74, 6) is -0.761. The molecule has 0 unspecified atom stereocenters. The summed E-state index contributed by atoms with van der Waals surface area (Å²) in [6, 6.07) is 9.81. The summed E-state index contributed by atoms with van der Waals surface area (Å²) in [6.45, 7) is 3.02. The van der Waals surface area contributed by atoms with Crippen molar-refractivity contribution in [3.8, 4) is 0 Å². The fraction of sp³-hybridized carbons (Fsp3) is 0.583. The fourth-order valence-corrected chi connectivity index (χ4v) is 4.21. The summed E-state index contributed by atoms with van der Waals surface area (Å²) in [6.07, 6.45) is 4.71. The molecule has 1 heterocycles. The van der Waals surface area contributed by atoms with Crippen LogP contribution in [0, 0.1) is 5.41 Å². The third-order valence-corrected chi connectivity index (χ3v) is 6.05. The predicted octanol–water partition coefficient (Wildman–Crippen LogP) is 1.35. The number of hydrogen-bond donors (Lipinski definition) is 3. The van der Waals surface area contributed by atoms with Gasteiger partial charge in [-0.25, -0.2) is 0 Å². The lowest BCUT2D eigenvalue weighted by Gasteiger charge is -2.25. The van der Waals surface area contributed by atoms with Gasteiger partial charge in [-0.1, -0.05) is 36.8 Å². The van der Waals surface area contributed by atoms with E-state index in [9.17, 15) is 14.4 Å². The zero-order valence-electron chi connectivity index (χ0n) is 19.7. The van der Waals surface area contributed by atoms with Crippen molar-refractivity contribution in [1.29, 1.82) is 0 Å². The highest BCUT2D eigenvalue weighted by molar-refractivity contribution is 6.04. The Bertz CT molecular complexity index is 825. The molecule has 5 N–H and O–H groups in total. The molecule has 9 nitrogen and oxygen atoms in total. The highest BCUT2D eigenvalue weighted by Gasteiger charge is 2.53. The molecule has 1 aliphatic rings. The monoisotopic (exact) mass is 459 g/mol. The van der Waals surface area contributed by atoms with Gasteiger partial charge in [0, 0.05) is 26.1 Å². The lowest BCUT2D eigenvalue weighted by Crippen LogP contribution is -2.43. The number of carbonyl (C=O) groups excluding carboxylic acids is 3. The predicted molar refractivity (Wildman–Crippen MR) is 127 cm³/mol. The number of carbonyl (C=O) groups is 3. The van der Waals surface area contributed by atoms with Gasteiger partial charge in [-0.3, -0.25) is 19.4 Å². The quantitative estimate of drug-likeness (QED) is 0.134. The Morgan fingerprint density at radius 3 is 2.58 bits per heavy atom. The average Bonchev–Trinajstić information content (AvgIpc) is 3.05. The first kappa shape index (κ1) is 26.2. The van der Waals surface area contributed by atoms with E-state index in [-0.39, 0.29) is 23.8 Å². The number of rotatable bonds is 13. The number of unbranched alkanes of at least 4 members (excludes halogenated alkanes) is 2. The van der Waals surface area contributed by atoms with E-state index in [1.807, 2.05) is 18.2 Å². The lowest BCUT2D eigenvalue weighted by molar-refractivity contribution is -0.157. The van der Waals surface area contributed by atoms with E-state index < -0.39 is 11.4 Å². The molecule has 2 amide bonds. The van der Waals surface area contributed by atoms with E-state index in [1.54, 1.807) is 11.8 Å². The number of guanidine groups is 1. The van der Waals surface area contributed by atoms with Crippen molar-refractivity contribution in [3.63, 3.8) is 0 Å². The number of aryl methyl sites for hydroxylation is 1. The molecule has 182 valence electrons. The van der Waals surface area contributed by atoms with Gasteiger partial charge in [0.2, 0.25) is 11.8 Å². The van der Waals surface area contributed by atoms with Crippen LogP contribution in [0.4, 0.5) is 0 Å². The van der Waals surface area contributed by atoms with Crippen molar-refractivity contribution in [2.45, 2.75) is 57.9 Å². The number of methoxy groups -OCH3 is 1. The van der Waals surface area contributed by atoms with Crippen LogP contribution in [0.5, 0.6) is 0 Å². The maximum absolute atomic E-state index is 13.1. The molecular formula is C24H37N5O4. The van der Waals surface area contributed by atoms with Crippen LogP contribution in [0.1, 0.15) is 51.0 Å². The van der Waals surface area contributed by atoms with Crippen LogP contribution in [0.2, 0.25) is 0 Å². The van der Waals surface area contributed by atoms with Gasteiger partial charge in [-0.05, 0) is 44.6 Å². The highest BCUT2D eigenvalue weighted by atomic mass is 16.5. The smallest absolute Gasteiger partial charge is 0.321 e. The summed E-state index contributed by atoms with van der Waals surface area (Å²) in [5.41, 5.74) is 10.6. The maximum Gasteiger partial charge on any atom is 0.321 e. The summed E-state index contributed by atoms with van der Waals surface area (Å²) < 4.78 is 4.91. The molecule has 0 saturated carbocycles. The molecule has 2 rings (SSSR count). The number of benzene rings is 1. The third kappa shape index (κ3) is 7.76. The van der Waals surface area contributed by atoms with Crippen LogP contribution in [0.3, 0.4) is 0 Å². The second kappa shape index (κ2) is 12.8. The first-order valence-electron chi connectivity index (χ1n) is 11.5. The molecular weight excluding hydrogens is 422 g/mol. The van der Waals surface area contributed by atoms with Crippen LogP contribution >= 0.6 is 0 Å². The van der Waals surface area contributed by atoms with Crippen LogP contribution < -0.4 is 16.8 Å². The Balaban J connectivity index is 1.88. The molecule has 1 aliphatic heterocycles. The molecule has 1 aromatic rings. The number of esters is 1. The van der Waals surface area contributed by atoms with Crippen molar-refractivity contribution in [2.24, 2.45) is 21.9 Å². The van der Waals surface area contributed by atoms with Gasteiger partial charge in [0.05, 0.1) is 13.2 Å². The Morgan fingerprint density at radius 2 is 1.91 bits per heavy atom. The Kier molecular flexibility index (Phi) is 10.2. The highest BCUT2D eigenvalue weighted by Crippen LogP contribution is 2.37. The number of nitrogens with two attached hydrogens (primary N) is 2. The Labute approximate surface area is 195 Å². The first-order valence-corrected chi connectivity index (χ1v) is 11.5. The van der Waals surface area contributed by atoms with Crippen molar-refractivity contribution < 1.29 is 19.1 Å². The van der Waals surface area contributed by atoms with Crippen LogP contribution in [0.15, 0.2) is 35.3 Å². The standard InChI is InChI=1S/C24H37N5O4/c1-24(22(32)33-2)16-19(17-28-20(30)13-7-4-8-14-27-23(25)26)29(21(24)31)15-9-12-18-10-5-3-6-11-18/h3,5-6,10-11,19H,4,7-9,12-17H2,1-2H3,(H,28,30)(H4,25,26,27)/t19-,24-/m0/s1. The first-order chi connectivity index (χ1) is 15.8. The minimum absolute atomic E-state index is 0.0693. The SMILES string of the molecule is COC(=O)[C@@]1(C)C[C@@H](CNC(=O)CCCCCN=C(N)N)N(CCCc2ccccc2)C1=O. The van der Waals surface area contributed by atoms with Crippen molar-refractivity contribution >= 4 is 23.7 Å². The largest absolute Gasteiger partial charge is 0.468 e. The maximum atomic E-state index is 13.1. The van der Waals surface area contributed by atoms with E-state index >= 15 is 0 Å². The van der Waals surface area contributed by atoms with Crippen molar-refractivity contribution in [2.75, 3.05) is 26.7 Å². The van der Waals surface area contributed by atoms with Gasteiger partial charge in [-0.15, -0.1) is 0 Å². The summed E-state index contributed by atoms with van der Waals surface area (Å²) in [7, 11) is 1.29. The van der Waals surface area contributed by atoms with E-state index in [0.717, 1.165) is 32.1 Å². The molecule has 1 fully saturated rings. The van der Waals surface area contributed by atoms with Crippen LogP contribution in [-0.4, -0.2) is 61.4 Å². The second-order valence-corrected chi connectivity index (χ2v) is 8.69. The van der Waals surface area contributed by atoms with E-state index in [4.69, 9.17) is 16.2 Å². The van der Waals surface area contributed by atoms with Gasteiger partial charge in [0.1, 0.15) is 5.41 Å². The molecule has 1 saturated heterocycles. The molecule has 0 aliphatic carbocycles. The summed E-state index contributed by atoms with van der Waals surface area (Å²) in [5, 5.41) is 2.93. The normalized spacial score (nSPS) is 19.9. The van der Waals surface area contributed by atoms with Gasteiger partial charge in [-0.2, -0.15) is 0 Å². The zero-order valence-corrected chi connectivity index (χ0v) is 19.7. The summed E-state index contributed by atoms with van der Waals surface area (Å²) >= 11 is 0. The number of amides is 2. The van der Waals surface area contributed by atoms with Crippen LogP contribution in [-0.2, 0) is 25.5 Å². The zero-order chi connectivity index (χ0) is 24.3. The molecule has 0 bridgehead atoms. The number of likely N-dealkylation sites (tertiary alicyclic amines) is 1. The van der Waals surface area contributed by atoms with Crippen LogP contribution in [0.25, 0.3) is 0 Å². The Hall–Kier alpha value is -3.10. The molecule has 1 aromatic carbocycles. The molecule has 0 aromatic heterocycles. The molecule has 0 radical (unpaired) electrons. The van der Waals surface area contributed by atoms with E-state index in [0.29, 0.717) is 32.5 Å². The Morgan fingerprint density at radius 1 is 1.18 bits per heavy atom. The molecule has 2 atom stereocenters. The second-order valence-electron chi connectivity index (χ2n) is 8.69. The molecule has 9 heteroatoms. The van der Waals surface area contributed by atoms with Gasteiger partial charge in [0.15, 0.2) is 5.96 Å². The summed E-state index contributed by atoms with van der Waals surface area (Å²) in [4.78, 5) is 43.4. The van der Waals surface area contributed by atoms with Gasteiger partial charge in [0.25, 0.3) is 0 Å².